The normalized spacial score (nSPS) is 31.1. The Morgan fingerprint density at radius 1 is 0.750 bits per heavy atom. The molecule has 4 heterocycles. The number of piperidine rings is 2. The van der Waals surface area contributed by atoms with Gasteiger partial charge in [0.05, 0.1) is 22.5 Å². The van der Waals surface area contributed by atoms with E-state index in [4.69, 9.17) is 24.2 Å². The smallest absolute Gasteiger partial charge is 0.410 e. The highest BCUT2D eigenvalue weighted by atomic mass is 16.6. The van der Waals surface area contributed by atoms with E-state index in [2.05, 4.69) is 36.9 Å². The van der Waals surface area contributed by atoms with E-state index in [-0.39, 0.29) is 49.1 Å². The predicted octanol–water partition coefficient (Wildman–Crippen LogP) is 9.90. The van der Waals surface area contributed by atoms with Crippen LogP contribution in [0, 0.1) is 35.5 Å². The van der Waals surface area contributed by atoms with Crippen molar-refractivity contribution < 1.29 is 28.6 Å². The van der Waals surface area contributed by atoms with E-state index in [0.717, 1.165) is 103 Å². The third-order valence-corrected chi connectivity index (χ3v) is 15.2. The van der Waals surface area contributed by atoms with Crippen molar-refractivity contribution in [1.29, 1.82) is 0 Å². The van der Waals surface area contributed by atoms with Gasteiger partial charge in [0, 0.05) is 54.5 Å². The summed E-state index contributed by atoms with van der Waals surface area (Å²) in [5.41, 5.74) is 6.21. The number of fused-ring (bicyclic) bond motifs is 2. The quantitative estimate of drug-likeness (QED) is 0.140. The van der Waals surface area contributed by atoms with Crippen LogP contribution in [0.3, 0.4) is 0 Å². The van der Waals surface area contributed by atoms with Crippen LogP contribution in [0.25, 0.3) is 11.3 Å². The molecule has 0 unspecified atom stereocenters. The number of carbonyl (C=O) groups is 3. The average molecular weight is 809 g/mol. The highest BCUT2D eigenvalue weighted by molar-refractivity contribution is 5.72. The summed E-state index contributed by atoms with van der Waals surface area (Å²) in [5.74, 6) is 1.24. The molecular weight excluding hydrogens is 753 g/mol. The van der Waals surface area contributed by atoms with Crippen LogP contribution in [-0.4, -0.2) is 51.0 Å². The molecule has 312 valence electrons. The second-order valence-corrected chi connectivity index (χ2v) is 18.8. The molecular formula is C50H56N4O6. The van der Waals surface area contributed by atoms with Crippen LogP contribution in [-0.2, 0) is 49.7 Å². The van der Waals surface area contributed by atoms with Crippen LogP contribution in [0.4, 0.5) is 9.59 Å². The van der Waals surface area contributed by atoms with E-state index >= 15 is 0 Å². The number of carbonyl (C=O) groups excluding carboxylic acids is 3. The van der Waals surface area contributed by atoms with Crippen molar-refractivity contribution in [2.24, 2.45) is 35.5 Å². The van der Waals surface area contributed by atoms with Gasteiger partial charge in [0.2, 0.25) is 0 Å². The number of esters is 1. The van der Waals surface area contributed by atoms with Crippen LogP contribution in [0.1, 0.15) is 112 Å². The molecule has 0 radical (unpaired) electrons. The molecule has 2 aromatic carbocycles. The number of hydrogen-bond acceptors (Lipinski definition) is 8. The standard InChI is InChI=1S/C50H56N4O6/c1-31-22-36-25-44-42(49(26-31)39(36)16-10-20-53(49)47(56)58-29-34-12-6-4-7-13-34)24-37(28-51-44)43-19-18-41-45(52-43)46(60-33(3)55)38-23-32(2)27-50(41)40(38)17-11-21-54(50)48(57)59-30-35-14-8-5-9-15-35/h4-9,12-15,18-19,24,28,31-32,36,38-40,46H,10-11,16-17,20-23,25-27,29-30H2,1-3H3/t31-,32-,36+,38-,39-,40-,46+,49-,50-/m1/s1. The van der Waals surface area contributed by atoms with Gasteiger partial charge in [-0.3, -0.25) is 19.6 Å². The van der Waals surface area contributed by atoms with E-state index in [1.165, 1.54) is 6.92 Å². The number of aromatic nitrogens is 2. The van der Waals surface area contributed by atoms with Crippen LogP contribution in [0.5, 0.6) is 0 Å². The molecule has 60 heavy (non-hydrogen) atoms. The molecule has 2 saturated heterocycles. The molecule has 2 amide bonds. The van der Waals surface area contributed by atoms with Crippen molar-refractivity contribution >= 4 is 18.2 Å². The lowest BCUT2D eigenvalue weighted by molar-refractivity contribution is -0.166. The van der Waals surface area contributed by atoms with Gasteiger partial charge in [0.15, 0.2) is 0 Å². The van der Waals surface area contributed by atoms with Gasteiger partial charge in [-0.25, -0.2) is 14.6 Å². The maximum Gasteiger partial charge on any atom is 0.410 e. The summed E-state index contributed by atoms with van der Waals surface area (Å²) in [6.07, 6.45) is 9.16. The fourth-order valence-corrected chi connectivity index (χ4v) is 13.2. The molecule has 0 N–H and O–H groups in total. The number of pyridine rings is 2. The molecule has 4 aromatic rings. The predicted molar refractivity (Wildman–Crippen MR) is 225 cm³/mol. The Morgan fingerprint density at radius 3 is 1.98 bits per heavy atom. The summed E-state index contributed by atoms with van der Waals surface area (Å²) in [6.45, 7) is 7.71. The summed E-state index contributed by atoms with van der Waals surface area (Å²) in [5, 5.41) is 0. The first kappa shape index (κ1) is 38.9. The SMILES string of the molecule is CC(=O)O[C@@H]1c2nc(-c3cnc4c(c3)[C@@]35C[C@H](C)C[C@@H](C4)[C@H]3CCCN5C(=O)OCc3ccccc3)ccc2[C@@]23C[C@H](C)C[C@@H]1[C@H]2CCCN3C(=O)OCc1ccccc1. The first-order valence-electron chi connectivity index (χ1n) is 22.3. The molecule has 4 aliphatic carbocycles. The number of amides is 2. The molecule has 2 aliphatic heterocycles. The molecule has 4 bridgehead atoms. The first-order valence-corrected chi connectivity index (χ1v) is 22.3. The van der Waals surface area contributed by atoms with Crippen molar-refractivity contribution in [1.82, 2.24) is 19.8 Å². The van der Waals surface area contributed by atoms with Crippen molar-refractivity contribution in [2.45, 2.75) is 109 Å². The first-order chi connectivity index (χ1) is 29.2. The maximum atomic E-state index is 14.3. The summed E-state index contributed by atoms with van der Waals surface area (Å²) in [7, 11) is 0. The van der Waals surface area contributed by atoms with E-state index in [1.54, 1.807) is 0 Å². The van der Waals surface area contributed by atoms with Crippen LogP contribution < -0.4 is 0 Å². The number of ether oxygens (including phenoxy) is 3. The van der Waals surface area contributed by atoms with Gasteiger partial charge >= 0.3 is 18.2 Å². The van der Waals surface area contributed by atoms with Crippen molar-refractivity contribution in [3.8, 4) is 11.3 Å². The van der Waals surface area contributed by atoms with Crippen LogP contribution in [0.2, 0.25) is 0 Å². The lowest BCUT2D eigenvalue weighted by atomic mass is 9.52. The van der Waals surface area contributed by atoms with Crippen LogP contribution >= 0.6 is 0 Å². The lowest BCUT2D eigenvalue weighted by Crippen LogP contribution is -2.64. The molecule has 6 aliphatic rings. The van der Waals surface area contributed by atoms with Gasteiger partial charge in [-0.2, -0.15) is 0 Å². The van der Waals surface area contributed by atoms with Crippen molar-refractivity contribution in [3.63, 3.8) is 0 Å². The molecule has 10 nitrogen and oxygen atoms in total. The van der Waals surface area contributed by atoms with Gasteiger partial charge in [0.1, 0.15) is 19.3 Å². The zero-order chi connectivity index (χ0) is 41.2. The number of rotatable bonds is 6. The minimum absolute atomic E-state index is 0.00252. The molecule has 9 atom stereocenters. The Hall–Kier alpha value is -5.25. The summed E-state index contributed by atoms with van der Waals surface area (Å²) >= 11 is 0. The summed E-state index contributed by atoms with van der Waals surface area (Å²) < 4.78 is 18.5. The molecule has 10 rings (SSSR count). The average Bonchev–Trinajstić information content (AvgIpc) is 3.25. The Balaban J connectivity index is 1.05. The molecule has 0 spiro atoms. The van der Waals surface area contributed by atoms with E-state index in [1.807, 2.05) is 71.8 Å². The van der Waals surface area contributed by atoms with E-state index in [9.17, 15) is 14.4 Å². The van der Waals surface area contributed by atoms with Gasteiger partial charge < -0.3 is 14.2 Å². The minimum Gasteiger partial charge on any atom is -0.456 e. The Kier molecular flexibility index (Phi) is 9.95. The molecule has 10 heteroatoms. The zero-order valence-electron chi connectivity index (χ0n) is 35.1. The fraction of sp³-hybridized carbons (Fsp3) is 0.500. The number of hydrogen-bond donors (Lipinski definition) is 0. The second-order valence-electron chi connectivity index (χ2n) is 18.8. The highest BCUT2D eigenvalue weighted by Gasteiger charge is 2.63. The van der Waals surface area contributed by atoms with Crippen LogP contribution in [0.15, 0.2) is 85.1 Å². The molecule has 2 aromatic heterocycles. The largest absolute Gasteiger partial charge is 0.456 e. The van der Waals surface area contributed by atoms with Crippen molar-refractivity contribution in [2.75, 3.05) is 13.1 Å². The van der Waals surface area contributed by atoms with E-state index in [0.29, 0.717) is 30.8 Å². The van der Waals surface area contributed by atoms with Gasteiger partial charge in [-0.05, 0) is 111 Å². The van der Waals surface area contributed by atoms with Gasteiger partial charge in [-0.1, -0.05) is 80.6 Å². The summed E-state index contributed by atoms with van der Waals surface area (Å²) in [4.78, 5) is 56.2. The fourth-order valence-electron chi connectivity index (χ4n) is 13.2. The number of benzene rings is 2. The van der Waals surface area contributed by atoms with Gasteiger partial charge in [0.25, 0.3) is 0 Å². The Morgan fingerprint density at radius 2 is 1.35 bits per heavy atom. The minimum atomic E-state index is -0.637. The lowest BCUT2D eigenvalue weighted by Gasteiger charge is -2.61. The number of likely N-dealkylation sites (tertiary alicyclic amines) is 2. The zero-order valence-corrected chi connectivity index (χ0v) is 35.1. The van der Waals surface area contributed by atoms with Gasteiger partial charge in [-0.15, -0.1) is 0 Å². The van der Waals surface area contributed by atoms with Crippen molar-refractivity contribution in [3.05, 3.63) is 119 Å². The van der Waals surface area contributed by atoms with E-state index < -0.39 is 17.2 Å². The third kappa shape index (κ3) is 6.38. The number of nitrogens with zero attached hydrogens (tertiary/aromatic N) is 4. The molecule has 2 saturated carbocycles. The third-order valence-electron chi connectivity index (χ3n) is 15.2. The Bertz CT molecular complexity index is 2290. The maximum absolute atomic E-state index is 14.3. The topological polar surface area (TPSA) is 111 Å². The highest BCUT2D eigenvalue weighted by Crippen LogP contribution is 2.63. The Labute approximate surface area is 353 Å². The summed E-state index contributed by atoms with van der Waals surface area (Å²) in [6, 6.07) is 26.2. The monoisotopic (exact) mass is 808 g/mol. The second kappa shape index (κ2) is 15.3. The molecule has 4 fully saturated rings.